The Hall–Kier alpha value is -1.98. The number of anilines is 1. The number of hydrogen-bond donors (Lipinski definition) is 0. The smallest absolute Gasteiger partial charge is 0.394 e. The normalized spacial score (nSPS) is 15.2. The number of methoxy groups -OCH3 is 1. The summed E-state index contributed by atoms with van der Waals surface area (Å²) in [6.45, 7) is 0. The molecule has 3 nitrogen and oxygen atoms in total. The predicted molar refractivity (Wildman–Crippen MR) is 59.2 cm³/mol. The van der Waals surface area contributed by atoms with Gasteiger partial charge in [-0.3, -0.25) is 9.69 Å². The first kappa shape index (κ1) is 12.5. The van der Waals surface area contributed by atoms with Crippen molar-refractivity contribution < 1.29 is 22.7 Å². The molecule has 0 aliphatic carbocycles. The van der Waals surface area contributed by atoms with E-state index in [2.05, 4.69) is 0 Å². The minimum absolute atomic E-state index is 0.0438. The van der Waals surface area contributed by atoms with Crippen LogP contribution in [0, 0.1) is 0 Å². The molecule has 0 fully saturated rings. The van der Waals surface area contributed by atoms with E-state index in [0.717, 1.165) is 11.0 Å². The third-order valence-corrected chi connectivity index (χ3v) is 2.51. The largest absolute Gasteiger partial charge is 0.497 e. The highest BCUT2D eigenvalue weighted by atomic mass is 19.4. The van der Waals surface area contributed by atoms with Gasteiger partial charge in [0.05, 0.1) is 13.5 Å². The maximum absolute atomic E-state index is 12.3. The first-order valence-corrected chi connectivity index (χ1v) is 5.16. The highest BCUT2D eigenvalue weighted by Crippen LogP contribution is 2.34. The second kappa shape index (κ2) is 4.36. The molecule has 0 atom stereocenters. The summed E-state index contributed by atoms with van der Waals surface area (Å²) in [4.78, 5) is 12.4. The van der Waals surface area contributed by atoms with Gasteiger partial charge in [0, 0.05) is 17.5 Å². The number of hydrogen-bond acceptors (Lipinski definition) is 2. The molecule has 18 heavy (non-hydrogen) atoms. The molecule has 0 saturated heterocycles. The van der Waals surface area contributed by atoms with Crippen molar-refractivity contribution in [1.82, 2.24) is 0 Å². The highest BCUT2D eigenvalue weighted by Gasteiger charge is 2.37. The second-order valence-electron chi connectivity index (χ2n) is 3.80. The molecular weight excluding hydrogens is 247 g/mol. The van der Waals surface area contributed by atoms with Gasteiger partial charge in [0.1, 0.15) is 5.75 Å². The van der Waals surface area contributed by atoms with Crippen LogP contribution in [0.1, 0.15) is 6.42 Å². The molecule has 0 spiro atoms. The molecule has 2 rings (SSSR count). The Morgan fingerprint density at radius 3 is 2.28 bits per heavy atom. The Balaban J connectivity index is 2.18. The summed E-state index contributed by atoms with van der Waals surface area (Å²) in [5.41, 5.74) is 0.361. The van der Waals surface area contributed by atoms with E-state index in [1.165, 1.54) is 7.11 Å². The Bertz CT molecular complexity index is 491. The van der Waals surface area contributed by atoms with E-state index < -0.39 is 18.5 Å². The van der Waals surface area contributed by atoms with Gasteiger partial charge in [-0.25, -0.2) is 0 Å². The molecule has 6 heteroatoms. The van der Waals surface area contributed by atoms with Crippen LogP contribution < -0.4 is 9.64 Å². The monoisotopic (exact) mass is 257 g/mol. The van der Waals surface area contributed by atoms with Crippen LogP contribution in [-0.4, -0.2) is 19.2 Å². The lowest BCUT2D eigenvalue weighted by Gasteiger charge is -2.32. The van der Waals surface area contributed by atoms with Crippen LogP contribution in [0.5, 0.6) is 5.75 Å². The lowest BCUT2D eigenvalue weighted by molar-refractivity contribution is -0.129. The fraction of sp³-hybridized carbons (Fsp3) is 0.250. The van der Waals surface area contributed by atoms with Crippen LogP contribution in [0.2, 0.25) is 0 Å². The van der Waals surface area contributed by atoms with E-state index in [4.69, 9.17) is 4.74 Å². The van der Waals surface area contributed by atoms with Gasteiger partial charge in [-0.15, -0.1) is 0 Å². The Morgan fingerprint density at radius 2 is 1.83 bits per heavy atom. The molecule has 0 unspecified atom stereocenters. The summed E-state index contributed by atoms with van der Waals surface area (Å²) in [7, 11) is 1.48. The third kappa shape index (κ3) is 2.47. The summed E-state index contributed by atoms with van der Waals surface area (Å²) in [5.74, 6) is 0.132. The number of allylic oxidation sites excluding steroid dienone is 1. The number of nitrogens with zero attached hydrogens (tertiary/aromatic N) is 1. The third-order valence-electron chi connectivity index (χ3n) is 2.51. The van der Waals surface area contributed by atoms with Crippen molar-refractivity contribution in [3.63, 3.8) is 0 Å². The molecule has 0 N–H and O–H groups in total. The van der Waals surface area contributed by atoms with Crippen molar-refractivity contribution >= 4 is 11.6 Å². The number of benzene rings is 1. The van der Waals surface area contributed by atoms with Gasteiger partial charge in [-0.05, 0) is 24.3 Å². The summed E-state index contributed by atoms with van der Waals surface area (Å²) in [6, 6.07) is 6.26. The molecular formula is C12H10F3NO2. The zero-order valence-electron chi connectivity index (χ0n) is 9.49. The molecule has 0 bridgehead atoms. The molecule has 1 aromatic carbocycles. The van der Waals surface area contributed by atoms with E-state index in [9.17, 15) is 18.0 Å². The van der Waals surface area contributed by atoms with Crippen LogP contribution in [0.15, 0.2) is 36.0 Å². The van der Waals surface area contributed by atoms with Crippen molar-refractivity contribution in [3.05, 3.63) is 36.0 Å². The molecule has 96 valence electrons. The maximum Gasteiger partial charge on any atom is 0.394 e. The average Bonchev–Trinajstić information content (AvgIpc) is 2.27. The van der Waals surface area contributed by atoms with E-state index in [0.29, 0.717) is 11.4 Å². The van der Waals surface area contributed by atoms with Gasteiger partial charge < -0.3 is 4.74 Å². The van der Waals surface area contributed by atoms with Gasteiger partial charge in [0.2, 0.25) is 0 Å². The van der Waals surface area contributed by atoms with E-state index in [1.54, 1.807) is 24.3 Å². The fourth-order valence-corrected chi connectivity index (χ4v) is 1.71. The van der Waals surface area contributed by atoms with Crippen LogP contribution >= 0.6 is 0 Å². The molecule has 0 saturated carbocycles. The van der Waals surface area contributed by atoms with Gasteiger partial charge in [-0.1, -0.05) is 0 Å². The van der Waals surface area contributed by atoms with Crippen molar-refractivity contribution in [2.45, 2.75) is 12.6 Å². The molecule has 1 aromatic rings. The van der Waals surface area contributed by atoms with Gasteiger partial charge >= 0.3 is 6.18 Å². The summed E-state index contributed by atoms with van der Waals surface area (Å²) in [5, 5.41) is 0. The van der Waals surface area contributed by atoms with E-state index in [1.807, 2.05) is 0 Å². The van der Waals surface area contributed by atoms with Crippen molar-refractivity contribution in [2.24, 2.45) is 0 Å². The number of ether oxygens (including phenoxy) is 1. The van der Waals surface area contributed by atoms with E-state index in [-0.39, 0.29) is 5.70 Å². The average molecular weight is 257 g/mol. The van der Waals surface area contributed by atoms with Crippen molar-refractivity contribution in [1.29, 1.82) is 0 Å². The molecule has 1 heterocycles. The number of carbonyl (C=O) groups excluding carboxylic acids is 1. The molecule has 0 radical (unpaired) electrons. The van der Waals surface area contributed by atoms with Gasteiger partial charge in [0.15, 0.2) is 0 Å². The van der Waals surface area contributed by atoms with Crippen LogP contribution in [0.3, 0.4) is 0 Å². The van der Waals surface area contributed by atoms with Crippen LogP contribution in [0.25, 0.3) is 0 Å². The number of amides is 1. The first-order chi connectivity index (χ1) is 8.40. The molecule has 1 aliphatic rings. The standard InChI is InChI=1S/C12H10F3NO2/c1-18-10-4-2-8(3-5-10)16-9(6-11(16)17)7-12(13,14)15/h2-6H,7H2,1H3. The van der Waals surface area contributed by atoms with Crippen molar-refractivity contribution in [2.75, 3.05) is 12.0 Å². The summed E-state index contributed by atoms with van der Waals surface area (Å²) >= 11 is 0. The van der Waals surface area contributed by atoms with Crippen LogP contribution in [-0.2, 0) is 4.79 Å². The number of rotatable bonds is 3. The summed E-state index contributed by atoms with van der Waals surface area (Å²) < 4.78 is 41.7. The minimum atomic E-state index is -4.32. The van der Waals surface area contributed by atoms with Crippen molar-refractivity contribution in [3.8, 4) is 5.75 Å². The molecule has 1 amide bonds. The number of alkyl halides is 3. The molecule has 0 aromatic heterocycles. The minimum Gasteiger partial charge on any atom is -0.497 e. The lowest BCUT2D eigenvalue weighted by Crippen LogP contribution is -2.39. The topological polar surface area (TPSA) is 29.5 Å². The van der Waals surface area contributed by atoms with Crippen LogP contribution in [0.4, 0.5) is 18.9 Å². The Labute approximate surface area is 101 Å². The number of carbonyl (C=O) groups is 1. The van der Waals surface area contributed by atoms with E-state index >= 15 is 0 Å². The second-order valence-corrected chi connectivity index (χ2v) is 3.80. The highest BCUT2D eigenvalue weighted by molar-refractivity contribution is 6.11. The van der Waals surface area contributed by atoms with Gasteiger partial charge in [-0.2, -0.15) is 13.2 Å². The fourth-order valence-electron chi connectivity index (χ4n) is 1.71. The molecule has 1 aliphatic heterocycles. The zero-order valence-corrected chi connectivity index (χ0v) is 9.49. The zero-order chi connectivity index (χ0) is 13.3. The number of halogens is 3. The summed E-state index contributed by atoms with van der Waals surface area (Å²) in [6.07, 6.45) is -4.43. The Kier molecular flexibility index (Phi) is 3.02. The quantitative estimate of drug-likeness (QED) is 0.833. The van der Waals surface area contributed by atoms with Gasteiger partial charge in [0.25, 0.3) is 5.91 Å². The maximum atomic E-state index is 12.3. The SMILES string of the molecule is COc1ccc(N2C(=O)C=C2CC(F)(F)F)cc1. The first-order valence-electron chi connectivity index (χ1n) is 5.16. The lowest BCUT2D eigenvalue weighted by atomic mass is 10.1. The predicted octanol–water partition coefficient (Wildman–Crippen LogP) is 2.88. The Morgan fingerprint density at radius 1 is 1.22 bits per heavy atom.